The molecule has 0 fully saturated rings. The normalized spacial score (nSPS) is 13.8. The fourth-order valence-electron chi connectivity index (χ4n) is 1.20. The largest absolute Gasteiger partial charge is 0.327 e. The van der Waals surface area contributed by atoms with Crippen molar-refractivity contribution in [2.75, 3.05) is 0 Å². The van der Waals surface area contributed by atoms with Crippen LogP contribution in [0.4, 0.5) is 0 Å². The molecule has 0 saturated carbocycles. The Hall–Kier alpha value is -0.0400. The Kier molecular flexibility index (Phi) is 7.58. The van der Waals surface area contributed by atoms with Gasteiger partial charge in [0.2, 0.25) is 0 Å². The topological polar surface area (TPSA) is 26.0 Å². The van der Waals surface area contributed by atoms with Gasteiger partial charge in [0.15, 0.2) is 0 Å². The van der Waals surface area contributed by atoms with Crippen molar-refractivity contribution in [2.24, 2.45) is 11.7 Å². The molecule has 0 aliphatic heterocycles. The van der Waals surface area contributed by atoms with Crippen molar-refractivity contribution in [1.82, 2.24) is 0 Å². The van der Waals surface area contributed by atoms with Crippen LogP contribution in [0.15, 0.2) is 0 Å². The molecular weight excluding hydrogens is 146 g/mol. The highest BCUT2D eigenvalue weighted by Crippen LogP contribution is 2.10. The molecule has 0 saturated heterocycles. The molecule has 73 valence electrons. The maximum atomic E-state index is 5.76. The van der Waals surface area contributed by atoms with Crippen LogP contribution in [0.25, 0.3) is 0 Å². The van der Waals surface area contributed by atoms with E-state index in [1.165, 1.54) is 25.7 Å². The lowest BCUT2D eigenvalue weighted by Crippen LogP contribution is -2.18. The summed E-state index contributed by atoms with van der Waals surface area (Å²) in [6.07, 6.45) is 8.54. The van der Waals surface area contributed by atoms with E-state index in [-0.39, 0.29) is 0 Å². The molecule has 0 spiro atoms. The molecule has 0 bridgehead atoms. The van der Waals surface area contributed by atoms with Crippen LogP contribution in [0, 0.1) is 12.3 Å². The summed E-state index contributed by atoms with van der Waals surface area (Å²) in [6.45, 7) is 6.69. The van der Waals surface area contributed by atoms with Gasteiger partial charge in [0.1, 0.15) is 0 Å². The predicted octanol–water partition coefficient (Wildman–Crippen LogP) is 3.14. The summed E-state index contributed by atoms with van der Waals surface area (Å²) in [5, 5.41) is 0. The number of hydrogen-bond acceptors (Lipinski definition) is 1. The van der Waals surface area contributed by atoms with Crippen LogP contribution >= 0.6 is 0 Å². The van der Waals surface area contributed by atoms with E-state index in [4.69, 9.17) is 5.73 Å². The van der Waals surface area contributed by atoms with E-state index >= 15 is 0 Å². The smallest absolute Gasteiger partial charge is 0.00677 e. The number of nitrogens with two attached hydrogens (primary N) is 1. The van der Waals surface area contributed by atoms with Crippen molar-refractivity contribution in [1.29, 1.82) is 0 Å². The van der Waals surface area contributed by atoms with Crippen LogP contribution in [0.2, 0.25) is 0 Å². The molecule has 1 unspecified atom stereocenters. The molecule has 1 radical (unpaired) electrons. The lowest BCUT2D eigenvalue weighted by atomic mass is 10.0. The molecule has 12 heavy (non-hydrogen) atoms. The van der Waals surface area contributed by atoms with Crippen molar-refractivity contribution in [3.8, 4) is 0 Å². The molecule has 2 N–H and O–H groups in total. The predicted molar refractivity (Wildman–Crippen MR) is 55.9 cm³/mol. The van der Waals surface area contributed by atoms with Crippen molar-refractivity contribution in [2.45, 2.75) is 58.9 Å². The van der Waals surface area contributed by atoms with Gasteiger partial charge in [0.25, 0.3) is 0 Å². The van der Waals surface area contributed by atoms with Gasteiger partial charge in [-0.05, 0) is 25.2 Å². The van der Waals surface area contributed by atoms with Gasteiger partial charge in [0.05, 0.1) is 0 Å². The van der Waals surface area contributed by atoms with Crippen LogP contribution in [0.3, 0.4) is 0 Å². The van der Waals surface area contributed by atoms with Crippen molar-refractivity contribution in [3.63, 3.8) is 0 Å². The minimum absolute atomic E-state index is 0.323. The first-order valence-electron chi connectivity index (χ1n) is 5.25. The summed E-state index contributed by atoms with van der Waals surface area (Å²) < 4.78 is 0. The minimum Gasteiger partial charge on any atom is -0.327 e. The van der Waals surface area contributed by atoms with E-state index < -0.39 is 0 Å². The maximum absolute atomic E-state index is 5.76. The standard InChI is InChI=1S/C11H24N/c1-4-11(12)9-7-5-6-8-10(2)3/h9-11H,4-8,12H2,1-3H3. The first-order valence-corrected chi connectivity index (χ1v) is 5.25. The summed E-state index contributed by atoms with van der Waals surface area (Å²) in [5.41, 5.74) is 5.76. The Morgan fingerprint density at radius 3 is 2.42 bits per heavy atom. The molecule has 0 aromatic carbocycles. The van der Waals surface area contributed by atoms with Crippen molar-refractivity contribution >= 4 is 0 Å². The summed E-state index contributed by atoms with van der Waals surface area (Å²) in [7, 11) is 0. The number of hydrogen-bond donors (Lipinski definition) is 1. The minimum atomic E-state index is 0.323. The second-order valence-corrected chi connectivity index (χ2v) is 3.99. The Bertz CT molecular complexity index is 89.0. The fourth-order valence-corrected chi connectivity index (χ4v) is 1.20. The van der Waals surface area contributed by atoms with Gasteiger partial charge < -0.3 is 5.73 Å². The second-order valence-electron chi connectivity index (χ2n) is 3.99. The van der Waals surface area contributed by atoms with Gasteiger partial charge in [-0.1, -0.05) is 40.0 Å². The van der Waals surface area contributed by atoms with Gasteiger partial charge in [-0.3, -0.25) is 0 Å². The third kappa shape index (κ3) is 8.06. The Morgan fingerprint density at radius 2 is 1.92 bits per heavy atom. The Labute approximate surface area is 77.7 Å². The van der Waals surface area contributed by atoms with Crippen molar-refractivity contribution < 1.29 is 0 Å². The number of unbranched alkanes of at least 4 members (excludes halogenated alkanes) is 2. The summed E-state index contributed by atoms with van der Waals surface area (Å²) in [5.74, 6) is 0.852. The zero-order valence-electron chi connectivity index (χ0n) is 8.84. The quantitative estimate of drug-likeness (QED) is 0.584. The highest BCUT2D eigenvalue weighted by molar-refractivity contribution is 4.77. The second kappa shape index (κ2) is 7.60. The average molecular weight is 170 g/mol. The molecule has 1 atom stereocenters. The molecule has 1 nitrogen and oxygen atoms in total. The highest BCUT2D eigenvalue weighted by atomic mass is 14.6. The SMILES string of the molecule is CCC(N)[CH]CCCCC(C)C. The van der Waals surface area contributed by atoms with E-state index in [0.29, 0.717) is 6.04 Å². The Balaban J connectivity index is 3.00. The molecule has 0 rings (SSSR count). The van der Waals surface area contributed by atoms with E-state index in [1.807, 2.05) is 0 Å². The fraction of sp³-hybridized carbons (Fsp3) is 0.909. The molecule has 0 heterocycles. The van der Waals surface area contributed by atoms with Gasteiger partial charge in [-0.2, -0.15) is 0 Å². The van der Waals surface area contributed by atoms with Crippen LogP contribution < -0.4 is 5.73 Å². The third-order valence-corrected chi connectivity index (χ3v) is 2.18. The first kappa shape index (κ1) is 12.0. The molecule has 0 aliphatic carbocycles. The van der Waals surface area contributed by atoms with E-state index in [2.05, 4.69) is 27.2 Å². The van der Waals surface area contributed by atoms with Gasteiger partial charge in [0, 0.05) is 6.04 Å². The van der Waals surface area contributed by atoms with Gasteiger partial charge >= 0.3 is 0 Å². The van der Waals surface area contributed by atoms with Crippen molar-refractivity contribution in [3.05, 3.63) is 6.42 Å². The summed E-state index contributed by atoms with van der Waals surface area (Å²) in [4.78, 5) is 0. The monoisotopic (exact) mass is 170 g/mol. The first-order chi connectivity index (χ1) is 5.66. The molecule has 0 amide bonds. The third-order valence-electron chi connectivity index (χ3n) is 2.18. The zero-order valence-corrected chi connectivity index (χ0v) is 8.84. The van der Waals surface area contributed by atoms with E-state index in [0.717, 1.165) is 12.3 Å². The molecular formula is C11H24N. The molecule has 0 aliphatic rings. The van der Waals surface area contributed by atoms with Gasteiger partial charge in [-0.15, -0.1) is 0 Å². The maximum Gasteiger partial charge on any atom is 0.00677 e. The van der Waals surface area contributed by atoms with Crippen LogP contribution in [-0.2, 0) is 0 Å². The number of rotatable bonds is 7. The van der Waals surface area contributed by atoms with Crippen LogP contribution in [-0.4, -0.2) is 6.04 Å². The van der Waals surface area contributed by atoms with E-state index in [9.17, 15) is 0 Å². The highest BCUT2D eigenvalue weighted by Gasteiger charge is 1.99. The molecule has 1 heteroatoms. The lowest BCUT2D eigenvalue weighted by molar-refractivity contribution is 0.529. The summed E-state index contributed by atoms with van der Waals surface area (Å²) in [6, 6.07) is 0.323. The lowest BCUT2D eigenvalue weighted by Gasteiger charge is -2.08. The summed E-state index contributed by atoms with van der Waals surface area (Å²) >= 11 is 0. The van der Waals surface area contributed by atoms with Gasteiger partial charge in [-0.25, -0.2) is 0 Å². The molecule has 0 aromatic heterocycles. The Morgan fingerprint density at radius 1 is 1.25 bits per heavy atom. The van der Waals surface area contributed by atoms with Crippen LogP contribution in [0.1, 0.15) is 52.9 Å². The van der Waals surface area contributed by atoms with E-state index in [1.54, 1.807) is 0 Å². The average Bonchev–Trinajstić information content (AvgIpc) is 2.03. The molecule has 0 aromatic rings. The zero-order chi connectivity index (χ0) is 9.40. The van der Waals surface area contributed by atoms with Crippen LogP contribution in [0.5, 0.6) is 0 Å².